The average Bonchev–Trinajstić information content (AvgIpc) is 2.13. The first-order valence-corrected chi connectivity index (χ1v) is 4.97. The molecule has 0 amide bonds. The molecule has 0 bridgehead atoms. The molecule has 0 N–H and O–H groups in total. The lowest BCUT2D eigenvalue weighted by atomic mass is 10.3. The quantitative estimate of drug-likeness (QED) is 0.622. The lowest BCUT2D eigenvalue weighted by Gasteiger charge is -2.08. The molecule has 0 atom stereocenters. The number of rotatable bonds is 3. The second-order valence-corrected chi connectivity index (χ2v) is 3.83. The molecule has 72 valence electrons. The molecule has 0 spiro atoms. The summed E-state index contributed by atoms with van der Waals surface area (Å²) in [6.45, 7) is 0.150. The van der Waals surface area contributed by atoms with E-state index in [-0.39, 0.29) is 6.79 Å². The SMILES string of the molecule is COCOc1ccc(Br)c(Cl)c1Cl. The van der Waals surface area contributed by atoms with Gasteiger partial charge in [0, 0.05) is 11.6 Å². The van der Waals surface area contributed by atoms with Gasteiger partial charge in [0.05, 0.1) is 5.02 Å². The lowest BCUT2D eigenvalue weighted by molar-refractivity contribution is 0.0512. The third-order valence-corrected chi connectivity index (χ3v) is 3.09. The largest absolute Gasteiger partial charge is 0.466 e. The molecule has 5 heteroatoms. The van der Waals surface area contributed by atoms with Crippen molar-refractivity contribution in [2.45, 2.75) is 0 Å². The molecular weight excluding hydrogens is 279 g/mol. The van der Waals surface area contributed by atoms with Gasteiger partial charge in [-0.1, -0.05) is 23.2 Å². The normalized spacial score (nSPS) is 10.2. The van der Waals surface area contributed by atoms with Crippen molar-refractivity contribution in [3.05, 3.63) is 26.7 Å². The zero-order chi connectivity index (χ0) is 9.84. The minimum atomic E-state index is 0.150. The highest BCUT2D eigenvalue weighted by molar-refractivity contribution is 9.10. The predicted octanol–water partition coefficient (Wildman–Crippen LogP) is 3.74. The van der Waals surface area contributed by atoms with Crippen LogP contribution in [0.25, 0.3) is 0 Å². The molecule has 0 heterocycles. The van der Waals surface area contributed by atoms with Gasteiger partial charge in [0.15, 0.2) is 6.79 Å². The average molecular weight is 286 g/mol. The summed E-state index contributed by atoms with van der Waals surface area (Å²) in [7, 11) is 1.54. The van der Waals surface area contributed by atoms with Crippen LogP contribution in [-0.4, -0.2) is 13.9 Å². The van der Waals surface area contributed by atoms with Gasteiger partial charge in [0.25, 0.3) is 0 Å². The smallest absolute Gasteiger partial charge is 0.188 e. The van der Waals surface area contributed by atoms with Crippen LogP contribution in [-0.2, 0) is 4.74 Å². The fraction of sp³-hybridized carbons (Fsp3) is 0.250. The van der Waals surface area contributed by atoms with Gasteiger partial charge in [-0.2, -0.15) is 0 Å². The molecule has 0 aliphatic heterocycles. The molecular formula is C8H7BrCl2O2. The van der Waals surface area contributed by atoms with E-state index in [1.165, 1.54) is 7.11 Å². The summed E-state index contributed by atoms with van der Waals surface area (Å²) >= 11 is 15.0. The Morgan fingerprint density at radius 3 is 2.62 bits per heavy atom. The van der Waals surface area contributed by atoms with E-state index in [4.69, 9.17) is 32.7 Å². The van der Waals surface area contributed by atoms with Gasteiger partial charge in [-0.3, -0.25) is 0 Å². The first-order valence-electron chi connectivity index (χ1n) is 3.42. The molecule has 0 saturated heterocycles. The van der Waals surface area contributed by atoms with Crippen molar-refractivity contribution in [1.29, 1.82) is 0 Å². The number of methoxy groups -OCH3 is 1. The third kappa shape index (κ3) is 2.74. The molecule has 1 aromatic rings. The Morgan fingerprint density at radius 1 is 1.31 bits per heavy atom. The van der Waals surface area contributed by atoms with Gasteiger partial charge in [-0.05, 0) is 28.1 Å². The van der Waals surface area contributed by atoms with Crippen LogP contribution in [0.5, 0.6) is 5.75 Å². The second-order valence-electron chi connectivity index (χ2n) is 2.22. The van der Waals surface area contributed by atoms with Crippen LogP contribution in [0.1, 0.15) is 0 Å². The van der Waals surface area contributed by atoms with Gasteiger partial charge in [0.2, 0.25) is 0 Å². The fourth-order valence-corrected chi connectivity index (χ4v) is 1.56. The first-order chi connectivity index (χ1) is 6.16. The van der Waals surface area contributed by atoms with Crippen LogP contribution in [0.2, 0.25) is 10.0 Å². The number of ether oxygens (including phenoxy) is 2. The number of hydrogen-bond acceptors (Lipinski definition) is 2. The molecule has 1 rings (SSSR count). The van der Waals surface area contributed by atoms with Crippen molar-refractivity contribution in [2.75, 3.05) is 13.9 Å². The topological polar surface area (TPSA) is 18.5 Å². The standard InChI is InChI=1S/C8H7BrCl2O2/c1-12-4-13-6-3-2-5(9)7(10)8(6)11/h2-3H,4H2,1H3. The summed E-state index contributed by atoms with van der Waals surface area (Å²) in [5.41, 5.74) is 0. The molecule has 0 aromatic heterocycles. The predicted molar refractivity (Wildman–Crippen MR) is 56.7 cm³/mol. The van der Waals surface area contributed by atoms with Gasteiger partial charge in [-0.15, -0.1) is 0 Å². The van der Waals surface area contributed by atoms with E-state index in [1.54, 1.807) is 12.1 Å². The van der Waals surface area contributed by atoms with Gasteiger partial charge < -0.3 is 9.47 Å². The van der Waals surface area contributed by atoms with E-state index in [0.29, 0.717) is 15.8 Å². The van der Waals surface area contributed by atoms with E-state index in [1.807, 2.05) is 0 Å². The minimum absolute atomic E-state index is 0.150. The fourth-order valence-electron chi connectivity index (χ4n) is 0.742. The Morgan fingerprint density at radius 2 is 2.00 bits per heavy atom. The van der Waals surface area contributed by atoms with E-state index in [0.717, 1.165) is 4.47 Å². The summed E-state index contributed by atoms with van der Waals surface area (Å²) in [5, 5.41) is 0.823. The van der Waals surface area contributed by atoms with Crippen molar-refractivity contribution in [3.8, 4) is 5.75 Å². The van der Waals surface area contributed by atoms with E-state index < -0.39 is 0 Å². The summed E-state index contributed by atoms with van der Waals surface area (Å²) in [5.74, 6) is 0.511. The monoisotopic (exact) mass is 284 g/mol. The van der Waals surface area contributed by atoms with Crippen LogP contribution >= 0.6 is 39.1 Å². The Balaban J connectivity index is 2.90. The molecule has 0 aliphatic carbocycles. The van der Waals surface area contributed by atoms with Crippen LogP contribution in [0.15, 0.2) is 16.6 Å². The van der Waals surface area contributed by atoms with Crippen molar-refractivity contribution >= 4 is 39.1 Å². The zero-order valence-electron chi connectivity index (χ0n) is 6.81. The zero-order valence-corrected chi connectivity index (χ0v) is 9.91. The summed E-state index contributed by atoms with van der Waals surface area (Å²) < 4.78 is 10.6. The van der Waals surface area contributed by atoms with Gasteiger partial charge in [-0.25, -0.2) is 0 Å². The highest BCUT2D eigenvalue weighted by Gasteiger charge is 2.08. The molecule has 0 fully saturated rings. The molecule has 0 unspecified atom stereocenters. The molecule has 0 aliphatic rings. The van der Waals surface area contributed by atoms with Crippen LogP contribution < -0.4 is 4.74 Å². The van der Waals surface area contributed by atoms with Crippen LogP contribution in [0.3, 0.4) is 0 Å². The van der Waals surface area contributed by atoms with Gasteiger partial charge >= 0.3 is 0 Å². The highest BCUT2D eigenvalue weighted by atomic mass is 79.9. The van der Waals surface area contributed by atoms with Gasteiger partial charge in [0.1, 0.15) is 10.8 Å². The van der Waals surface area contributed by atoms with E-state index in [9.17, 15) is 0 Å². The Bertz CT molecular complexity index is 304. The van der Waals surface area contributed by atoms with Crippen LogP contribution in [0.4, 0.5) is 0 Å². The molecule has 1 aromatic carbocycles. The van der Waals surface area contributed by atoms with Crippen molar-refractivity contribution in [1.82, 2.24) is 0 Å². The first kappa shape index (κ1) is 11.1. The van der Waals surface area contributed by atoms with E-state index in [2.05, 4.69) is 15.9 Å². The Kier molecular flexibility index (Phi) is 4.32. The number of halogens is 3. The Labute approximate surface area is 94.9 Å². The summed E-state index contributed by atoms with van der Waals surface area (Å²) in [6, 6.07) is 3.48. The second kappa shape index (κ2) is 5.05. The third-order valence-electron chi connectivity index (χ3n) is 1.33. The maximum atomic E-state index is 5.89. The minimum Gasteiger partial charge on any atom is -0.466 e. The molecule has 0 radical (unpaired) electrons. The van der Waals surface area contributed by atoms with E-state index >= 15 is 0 Å². The number of hydrogen-bond donors (Lipinski definition) is 0. The van der Waals surface area contributed by atoms with Crippen LogP contribution in [0, 0.1) is 0 Å². The highest BCUT2D eigenvalue weighted by Crippen LogP contribution is 2.37. The Hall–Kier alpha value is 0.0400. The molecule has 13 heavy (non-hydrogen) atoms. The maximum absolute atomic E-state index is 5.89. The molecule has 2 nitrogen and oxygen atoms in total. The summed E-state index contributed by atoms with van der Waals surface area (Å²) in [4.78, 5) is 0. The maximum Gasteiger partial charge on any atom is 0.188 e. The molecule has 0 saturated carbocycles. The summed E-state index contributed by atoms with van der Waals surface area (Å²) in [6.07, 6.45) is 0. The van der Waals surface area contributed by atoms with Crippen molar-refractivity contribution < 1.29 is 9.47 Å². The number of benzene rings is 1. The van der Waals surface area contributed by atoms with Crippen molar-refractivity contribution in [2.24, 2.45) is 0 Å². The van der Waals surface area contributed by atoms with Crippen molar-refractivity contribution in [3.63, 3.8) is 0 Å². The lowest BCUT2D eigenvalue weighted by Crippen LogP contribution is -1.99.